The first kappa shape index (κ1) is 23.6. The van der Waals surface area contributed by atoms with E-state index in [9.17, 15) is 42.4 Å². The second kappa shape index (κ2) is 8.67. The number of carbonyl (C=O) groups is 2. The van der Waals surface area contributed by atoms with E-state index in [1.54, 1.807) is 0 Å². The van der Waals surface area contributed by atoms with Crippen LogP contribution < -0.4 is 4.90 Å². The van der Waals surface area contributed by atoms with Crippen LogP contribution in [0.25, 0.3) is 5.76 Å². The van der Waals surface area contributed by atoms with Gasteiger partial charge in [0.2, 0.25) is 0 Å². The molecular formula is C24H14F4N2O5. The fourth-order valence-corrected chi connectivity index (χ4v) is 3.82. The average molecular weight is 486 g/mol. The maximum absolute atomic E-state index is 14.8. The molecule has 4 rings (SSSR count). The van der Waals surface area contributed by atoms with Gasteiger partial charge >= 0.3 is 6.18 Å². The van der Waals surface area contributed by atoms with Crippen LogP contribution in [0, 0.1) is 15.9 Å². The zero-order chi connectivity index (χ0) is 25.5. The summed E-state index contributed by atoms with van der Waals surface area (Å²) >= 11 is 0. The number of Topliss-reactive ketones (excluding diaryl/α,β-unsaturated/α-hetero) is 1. The van der Waals surface area contributed by atoms with Crippen LogP contribution >= 0.6 is 0 Å². The lowest BCUT2D eigenvalue weighted by atomic mass is 9.94. The van der Waals surface area contributed by atoms with E-state index < -0.39 is 51.5 Å². The number of aliphatic hydroxyl groups is 1. The molecule has 3 aromatic carbocycles. The number of rotatable bonds is 4. The van der Waals surface area contributed by atoms with Gasteiger partial charge in [-0.1, -0.05) is 24.3 Å². The van der Waals surface area contributed by atoms with Crippen molar-refractivity contribution in [3.8, 4) is 0 Å². The molecule has 0 radical (unpaired) electrons. The molecule has 1 fully saturated rings. The topological polar surface area (TPSA) is 101 Å². The molecule has 7 nitrogen and oxygen atoms in total. The molecule has 35 heavy (non-hydrogen) atoms. The summed E-state index contributed by atoms with van der Waals surface area (Å²) in [5, 5.41) is 21.8. The van der Waals surface area contributed by atoms with Gasteiger partial charge in [0.15, 0.2) is 0 Å². The van der Waals surface area contributed by atoms with Crippen LogP contribution in [0.3, 0.4) is 0 Å². The van der Waals surface area contributed by atoms with Crippen LogP contribution in [0.2, 0.25) is 0 Å². The number of carbonyl (C=O) groups excluding carboxylic acids is 2. The lowest BCUT2D eigenvalue weighted by molar-refractivity contribution is -0.384. The number of nitrogens with zero attached hydrogens (tertiary/aromatic N) is 2. The Morgan fingerprint density at radius 1 is 0.971 bits per heavy atom. The van der Waals surface area contributed by atoms with Crippen molar-refractivity contribution in [2.75, 3.05) is 4.90 Å². The highest BCUT2D eigenvalue weighted by atomic mass is 19.4. The summed E-state index contributed by atoms with van der Waals surface area (Å²) < 4.78 is 54.7. The maximum Gasteiger partial charge on any atom is 0.416 e. The van der Waals surface area contributed by atoms with Crippen molar-refractivity contribution in [3.05, 3.63) is 111 Å². The first-order chi connectivity index (χ1) is 16.5. The largest absolute Gasteiger partial charge is 0.507 e. The van der Waals surface area contributed by atoms with E-state index in [1.807, 2.05) is 0 Å². The Morgan fingerprint density at radius 3 is 2.23 bits per heavy atom. The van der Waals surface area contributed by atoms with Gasteiger partial charge in [-0.05, 0) is 36.4 Å². The normalized spacial score (nSPS) is 17.6. The van der Waals surface area contributed by atoms with Gasteiger partial charge in [0.05, 0.1) is 22.1 Å². The zero-order valence-corrected chi connectivity index (χ0v) is 17.5. The van der Waals surface area contributed by atoms with E-state index >= 15 is 0 Å². The molecular weight excluding hydrogens is 472 g/mol. The molecule has 1 unspecified atom stereocenters. The van der Waals surface area contributed by atoms with Crippen molar-refractivity contribution in [2.24, 2.45) is 0 Å². The van der Waals surface area contributed by atoms with Crippen molar-refractivity contribution in [1.29, 1.82) is 0 Å². The van der Waals surface area contributed by atoms with Gasteiger partial charge in [-0.2, -0.15) is 13.2 Å². The minimum absolute atomic E-state index is 0.0843. The molecule has 0 aromatic heterocycles. The summed E-state index contributed by atoms with van der Waals surface area (Å²) in [7, 11) is 0. The van der Waals surface area contributed by atoms with Crippen LogP contribution in [0.4, 0.5) is 28.9 Å². The monoisotopic (exact) mass is 486 g/mol. The second-order valence-corrected chi connectivity index (χ2v) is 7.54. The van der Waals surface area contributed by atoms with Gasteiger partial charge in [-0.3, -0.25) is 24.6 Å². The molecule has 11 heteroatoms. The van der Waals surface area contributed by atoms with E-state index in [0.29, 0.717) is 11.0 Å². The van der Waals surface area contributed by atoms with E-state index in [4.69, 9.17) is 0 Å². The number of halogens is 4. The second-order valence-electron chi connectivity index (χ2n) is 7.54. The van der Waals surface area contributed by atoms with Crippen LogP contribution in [0.5, 0.6) is 0 Å². The molecule has 1 heterocycles. The SMILES string of the molecule is O=C1C(=O)N(c2cccc(C(F)(F)F)c2)C(c2ccccc2F)/C1=C(/O)c1ccc([N+](=O)[O-])cc1. The number of nitro benzene ring substituents is 1. The molecule has 0 spiro atoms. The van der Waals surface area contributed by atoms with E-state index in [0.717, 1.165) is 48.5 Å². The number of aliphatic hydroxyl groups excluding tert-OH is 1. The minimum Gasteiger partial charge on any atom is -0.507 e. The highest BCUT2D eigenvalue weighted by Crippen LogP contribution is 2.44. The Morgan fingerprint density at radius 2 is 1.63 bits per heavy atom. The lowest BCUT2D eigenvalue weighted by Crippen LogP contribution is -2.30. The predicted molar refractivity (Wildman–Crippen MR) is 116 cm³/mol. The first-order valence-corrected chi connectivity index (χ1v) is 9.98. The molecule has 0 saturated carbocycles. The summed E-state index contributed by atoms with van der Waals surface area (Å²) in [5.41, 5.74) is -2.65. The van der Waals surface area contributed by atoms with Crippen LogP contribution in [0.15, 0.2) is 78.4 Å². The summed E-state index contributed by atoms with van der Waals surface area (Å²) in [5.74, 6) is -4.17. The number of benzene rings is 3. The Kier molecular flexibility index (Phi) is 5.85. The molecule has 0 bridgehead atoms. The fourth-order valence-electron chi connectivity index (χ4n) is 3.82. The quantitative estimate of drug-likeness (QED) is 0.133. The number of anilines is 1. The summed E-state index contributed by atoms with van der Waals surface area (Å²) in [6, 6.07) is 11.4. The number of ketones is 1. The fraction of sp³-hybridized carbons (Fsp3) is 0.0833. The molecule has 1 aliphatic heterocycles. The van der Waals surface area contributed by atoms with Crippen molar-refractivity contribution in [3.63, 3.8) is 0 Å². The van der Waals surface area contributed by atoms with Gasteiger partial charge in [-0.25, -0.2) is 4.39 Å². The summed E-state index contributed by atoms with van der Waals surface area (Å²) in [4.78, 5) is 36.9. The molecule has 1 N–H and O–H groups in total. The Labute approximate surface area is 194 Å². The molecule has 0 aliphatic carbocycles. The third kappa shape index (κ3) is 4.23. The Bertz CT molecular complexity index is 1380. The molecule has 1 aliphatic rings. The number of non-ortho nitro benzene ring substituents is 1. The molecule has 3 aromatic rings. The van der Waals surface area contributed by atoms with Crippen LogP contribution in [-0.4, -0.2) is 21.7 Å². The third-order valence-corrected chi connectivity index (χ3v) is 5.45. The van der Waals surface area contributed by atoms with Gasteiger partial charge in [-0.15, -0.1) is 0 Å². The number of alkyl halides is 3. The highest BCUT2D eigenvalue weighted by Gasteiger charge is 2.48. The third-order valence-electron chi connectivity index (χ3n) is 5.45. The standard InChI is InChI=1S/C24H14F4N2O5/c25-18-7-2-1-6-17(18)20-19(21(31)13-8-10-15(11-9-13)30(34)35)22(32)23(33)29(20)16-5-3-4-14(12-16)24(26,27)28/h1-12,20,31H/b21-19-. The highest BCUT2D eigenvalue weighted by molar-refractivity contribution is 6.51. The van der Waals surface area contributed by atoms with Crippen molar-refractivity contribution in [1.82, 2.24) is 0 Å². The lowest BCUT2D eigenvalue weighted by Gasteiger charge is -2.26. The predicted octanol–water partition coefficient (Wildman–Crippen LogP) is 5.38. The van der Waals surface area contributed by atoms with Crippen molar-refractivity contribution in [2.45, 2.75) is 12.2 Å². The number of hydrogen-bond donors (Lipinski definition) is 1. The molecule has 1 saturated heterocycles. The molecule has 1 amide bonds. The first-order valence-electron chi connectivity index (χ1n) is 9.98. The average Bonchev–Trinajstić information content (AvgIpc) is 3.08. The molecule has 178 valence electrons. The Hall–Kier alpha value is -4.54. The van der Waals surface area contributed by atoms with Gasteiger partial charge < -0.3 is 5.11 Å². The van der Waals surface area contributed by atoms with Crippen LogP contribution in [-0.2, 0) is 15.8 Å². The van der Waals surface area contributed by atoms with E-state index in [1.165, 1.54) is 18.2 Å². The van der Waals surface area contributed by atoms with Crippen LogP contribution in [0.1, 0.15) is 22.7 Å². The van der Waals surface area contributed by atoms with Crippen molar-refractivity contribution < 1.29 is 37.2 Å². The van der Waals surface area contributed by atoms with Crippen molar-refractivity contribution >= 4 is 28.8 Å². The minimum atomic E-state index is -4.75. The number of hydrogen-bond acceptors (Lipinski definition) is 5. The summed E-state index contributed by atoms with van der Waals surface area (Å²) in [6.07, 6.45) is -4.75. The van der Waals surface area contributed by atoms with E-state index in [-0.39, 0.29) is 22.5 Å². The smallest absolute Gasteiger partial charge is 0.416 e. The Balaban J connectivity index is 1.94. The van der Waals surface area contributed by atoms with Gasteiger partial charge in [0, 0.05) is 28.9 Å². The summed E-state index contributed by atoms with van der Waals surface area (Å²) in [6.45, 7) is 0. The maximum atomic E-state index is 14.8. The molecule has 1 atom stereocenters. The van der Waals surface area contributed by atoms with Gasteiger partial charge in [0.25, 0.3) is 17.4 Å². The van der Waals surface area contributed by atoms with Gasteiger partial charge in [0.1, 0.15) is 11.6 Å². The number of nitro groups is 1. The van der Waals surface area contributed by atoms with E-state index in [2.05, 4.69) is 0 Å². The number of amides is 1. The zero-order valence-electron chi connectivity index (χ0n) is 17.5.